The van der Waals surface area contributed by atoms with Crippen LogP contribution in [0.15, 0.2) is 35.1 Å². The third kappa shape index (κ3) is 4.73. The van der Waals surface area contributed by atoms with Crippen LogP contribution < -0.4 is 10.9 Å². The zero-order valence-corrected chi connectivity index (χ0v) is 18.1. The summed E-state index contributed by atoms with van der Waals surface area (Å²) in [6, 6.07) is 9.94. The largest absolute Gasteiger partial charge is 0.350 e. The van der Waals surface area contributed by atoms with Crippen molar-refractivity contribution in [3.8, 4) is 0 Å². The molecule has 29 heavy (non-hydrogen) atoms. The number of aromatic nitrogens is 2. The zero-order chi connectivity index (χ0) is 20.2. The average Bonchev–Trinajstić information content (AvgIpc) is 3.10. The quantitative estimate of drug-likeness (QED) is 0.549. The molecule has 2 aromatic heterocycles. The molecule has 0 bridgehead atoms. The third-order valence-corrected chi connectivity index (χ3v) is 7.42. The van der Waals surface area contributed by atoms with Crippen LogP contribution >= 0.6 is 23.1 Å². The second-order valence-corrected chi connectivity index (χ2v) is 9.59. The van der Waals surface area contributed by atoms with Crippen molar-refractivity contribution in [2.75, 3.05) is 5.75 Å². The second-order valence-electron chi connectivity index (χ2n) is 7.41. The van der Waals surface area contributed by atoms with Crippen LogP contribution in [0.3, 0.4) is 0 Å². The van der Waals surface area contributed by atoms with E-state index in [0.717, 1.165) is 35.0 Å². The van der Waals surface area contributed by atoms with Crippen LogP contribution in [0.4, 0.5) is 0 Å². The highest BCUT2D eigenvalue weighted by Gasteiger charge is 2.19. The number of nitrogens with zero attached hydrogens (tertiary/aromatic N) is 1. The van der Waals surface area contributed by atoms with E-state index >= 15 is 0 Å². The highest BCUT2D eigenvalue weighted by molar-refractivity contribution is 7.98. The van der Waals surface area contributed by atoms with Gasteiger partial charge in [0, 0.05) is 17.1 Å². The smallest absolute Gasteiger partial charge is 0.259 e. The fraction of sp³-hybridized carbons (Fsp3) is 0.409. The molecule has 0 aliphatic heterocycles. The molecule has 2 heterocycles. The summed E-state index contributed by atoms with van der Waals surface area (Å²) in [4.78, 5) is 34.6. The van der Waals surface area contributed by atoms with Crippen molar-refractivity contribution in [3.63, 3.8) is 0 Å². The molecule has 0 saturated carbocycles. The summed E-state index contributed by atoms with van der Waals surface area (Å²) in [6.45, 7) is 1.99. The van der Waals surface area contributed by atoms with Gasteiger partial charge in [-0.2, -0.15) is 11.8 Å². The van der Waals surface area contributed by atoms with E-state index in [-0.39, 0.29) is 17.5 Å². The minimum atomic E-state index is -0.0144. The number of nitrogens with one attached hydrogen (secondary N) is 2. The topological polar surface area (TPSA) is 74.8 Å². The van der Waals surface area contributed by atoms with Crippen molar-refractivity contribution in [2.45, 2.75) is 50.8 Å². The lowest BCUT2D eigenvalue weighted by Crippen LogP contribution is -2.26. The first-order valence-corrected chi connectivity index (χ1v) is 12.0. The monoisotopic (exact) mass is 427 g/mol. The Kier molecular flexibility index (Phi) is 6.35. The SMILES string of the molecule is CC(NC(=O)CCSCc1nc2sc3c(c2c(=O)[nH]1)CCCC3)c1ccccc1. The molecule has 1 aliphatic rings. The second kappa shape index (κ2) is 9.13. The van der Waals surface area contributed by atoms with Gasteiger partial charge in [-0.05, 0) is 43.7 Å². The van der Waals surface area contributed by atoms with Crippen LogP contribution in [0.25, 0.3) is 10.2 Å². The summed E-state index contributed by atoms with van der Waals surface area (Å²) in [6.07, 6.45) is 4.86. The zero-order valence-electron chi connectivity index (χ0n) is 16.5. The maximum absolute atomic E-state index is 12.6. The number of carbonyl (C=O) groups is 1. The van der Waals surface area contributed by atoms with E-state index in [1.807, 2.05) is 37.3 Å². The number of rotatable bonds is 7. The van der Waals surface area contributed by atoms with E-state index in [1.54, 1.807) is 23.1 Å². The van der Waals surface area contributed by atoms with Crippen LogP contribution in [0.5, 0.6) is 0 Å². The Balaban J connectivity index is 1.30. The summed E-state index contributed by atoms with van der Waals surface area (Å²) < 4.78 is 0. The number of H-pyrrole nitrogens is 1. The normalized spacial score (nSPS) is 14.5. The van der Waals surface area contributed by atoms with Crippen LogP contribution in [-0.2, 0) is 23.4 Å². The minimum absolute atomic E-state index is 0.000935. The molecule has 0 radical (unpaired) electrons. The number of aryl methyl sites for hydroxylation is 2. The number of hydrogen-bond acceptors (Lipinski definition) is 5. The van der Waals surface area contributed by atoms with Crippen molar-refractivity contribution in [3.05, 3.63) is 62.5 Å². The van der Waals surface area contributed by atoms with Gasteiger partial charge in [-0.25, -0.2) is 4.98 Å². The number of benzene rings is 1. The number of aromatic amines is 1. The summed E-state index contributed by atoms with van der Waals surface area (Å²) in [7, 11) is 0. The molecule has 0 fully saturated rings. The molecule has 1 aliphatic carbocycles. The molecule has 0 spiro atoms. The van der Waals surface area contributed by atoms with E-state index in [0.29, 0.717) is 23.8 Å². The van der Waals surface area contributed by atoms with Gasteiger partial charge in [0.15, 0.2) is 0 Å². The predicted octanol–water partition coefficient (Wildman–Crippen LogP) is 4.36. The Morgan fingerprint density at radius 1 is 1.28 bits per heavy atom. The van der Waals surface area contributed by atoms with Gasteiger partial charge in [-0.1, -0.05) is 30.3 Å². The van der Waals surface area contributed by atoms with Crippen LogP contribution in [-0.4, -0.2) is 21.6 Å². The minimum Gasteiger partial charge on any atom is -0.350 e. The summed E-state index contributed by atoms with van der Waals surface area (Å²) in [5, 5.41) is 3.83. The van der Waals surface area contributed by atoms with Gasteiger partial charge in [0.2, 0.25) is 5.91 Å². The van der Waals surface area contributed by atoms with Crippen LogP contribution in [0.2, 0.25) is 0 Å². The molecule has 0 saturated heterocycles. The molecular formula is C22H25N3O2S2. The summed E-state index contributed by atoms with van der Waals surface area (Å²) in [5.74, 6) is 2.03. The van der Waals surface area contributed by atoms with Crippen molar-refractivity contribution < 1.29 is 4.79 Å². The Labute approximate surface area is 178 Å². The van der Waals surface area contributed by atoms with Gasteiger partial charge >= 0.3 is 0 Å². The van der Waals surface area contributed by atoms with Gasteiger partial charge in [0.1, 0.15) is 10.7 Å². The summed E-state index contributed by atoms with van der Waals surface area (Å²) >= 11 is 3.29. The molecule has 1 atom stereocenters. The Morgan fingerprint density at radius 2 is 2.07 bits per heavy atom. The molecular weight excluding hydrogens is 402 g/mol. The molecule has 7 heteroatoms. The molecule has 1 aromatic carbocycles. The highest BCUT2D eigenvalue weighted by Crippen LogP contribution is 2.33. The molecule has 2 N–H and O–H groups in total. The number of hydrogen-bond donors (Lipinski definition) is 2. The third-order valence-electron chi connectivity index (χ3n) is 5.26. The maximum Gasteiger partial charge on any atom is 0.259 e. The van der Waals surface area contributed by atoms with Gasteiger partial charge in [0.25, 0.3) is 5.56 Å². The van der Waals surface area contributed by atoms with E-state index in [9.17, 15) is 9.59 Å². The Bertz CT molecular complexity index is 1060. The molecule has 3 aromatic rings. The van der Waals surface area contributed by atoms with Crippen LogP contribution in [0.1, 0.15) is 54.1 Å². The fourth-order valence-electron chi connectivity index (χ4n) is 3.75. The van der Waals surface area contributed by atoms with Gasteiger partial charge in [-0.15, -0.1) is 11.3 Å². The predicted molar refractivity (Wildman–Crippen MR) is 121 cm³/mol. The first-order valence-electron chi connectivity index (χ1n) is 10.1. The van der Waals surface area contributed by atoms with Crippen molar-refractivity contribution in [2.24, 2.45) is 0 Å². The van der Waals surface area contributed by atoms with E-state index in [1.165, 1.54) is 16.9 Å². The lowest BCUT2D eigenvalue weighted by molar-refractivity contribution is -0.121. The first kappa shape index (κ1) is 20.2. The van der Waals surface area contributed by atoms with Gasteiger partial charge in [0.05, 0.1) is 17.2 Å². The van der Waals surface area contributed by atoms with Crippen molar-refractivity contribution >= 4 is 39.2 Å². The molecule has 5 nitrogen and oxygen atoms in total. The highest BCUT2D eigenvalue weighted by atomic mass is 32.2. The van der Waals surface area contributed by atoms with E-state index in [2.05, 4.69) is 15.3 Å². The van der Waals surface area contributed by atoms with E-state index in [4.69, 9.17) is 0 Å². The summed E-state index contributed by atoms with van der Waals surface area (Å²) in [5.41, 5.74) is 2.30. The van der Waals surface area contributed by atoms with Gasteiger partial charge < -0.3 is 10.3 Å². The molecule has 152 valence electrons. The lowest BCUT2D eigenvalue weighted by atomic mass is 9.97. The molecule has 1 amide bonds. The number of carbonyl (C=O) groups excluding carboxylic acids is 1. The Morgan fingerprint density at radius 3 is 2.90 bits per heavy atom. The first-order chi connectivity index (χ1) is 14.1. The van der Waals surface area contributed by atoms with Crippen LogP contribution in [0, 0.1) is 0 Å². The average molecular weight is 428 g/mol. The van der Waals surface area contributed by atoms with Gasteiger partial charge in [-0.3, -0.25) is 9.59 Å². The lowest BCUT2D eigenvalue weighted by Gasteiger charge is -2.14. The van der Waals surface area contributed by atoms with Crippen molar-refractivity contribution in [1.29, 1.82) is 0 Å². The fourth-order valence-corrected chi connectivity index (χ4v) is 5.83. The number of amides is 1. The van der Waals surface area contributed by atoms with Crippen molar-refractivity contribution in [1.82, 2.24) is 15.3 Å². The number of fused-ring (bicyclic) bond motifs is 3. The standard InChI is InChI=1S/C22H25N3O2S2/c1-14(15-7-3-2-4-8-15)23-19(26)11-12-28-13-18-24-21(27)20-16-9-5-6-10-17(16)29-22(20)25-18/h2-4,7-8,14H,5-6,9-13H2,1H3,(H,23,26)(H,24,25,27). The number of thiophene rings is 1. The Hall–Kier alpha value is -2.12. The molecule has 4 rings (SSSR count). The maximum atomic E-state index is 12.6. The molecule has 1 unspecified atom stereocenters. The number of thioether (sulfide) groups is 1. The van der Waals surface area contributed by atoms with E-state index < -0.39 is 0 Å².